The summed E-state index contributed by atoms with van der Waals surface area (Å²) in [5, 5.41) is 0.731. The molecule has 1 aromatic carbocycles. The van der Waals surface area contributed by atoms with Crippen LogP contribution in [0.15, 0.2) is 29.1 Å². The van der Waals surface area contributed by atoms with Crippen molar-refractivity contribution < 1.29 is 4.79 Å². The van der Waals surface area contributed by atoms with Crippen molar-refractivity contribution in [2.45, 2.75) is 20.4 Å². The van der Waals surface area contributed by atoms with Gasteiger partial charge in [-0.3, -0.25) is 9.36 Å². The molecule has 0 amide bonds. The number of hydrogen-bond acceptors (Lipinski definition) is 3. The van der Waals surface area contributed by atoms with E-state index in [0.717, 1.165) is 0 Å². The predicted molar refractivity (Wildman–Crippen MR) is 78.8 cm³/mol. The second-order valence-electron chi connectivity index (χ2n) is 4.45. The van der Waals surface area contributed by atoms with E-state index in [-0.39, 0.29) is 12.3 Å². The second kappa shape index (κ2) is 5.77. The number of Topliss-reactive ketones (excluding diaryl/α,β-unsaturated/α-hetero) is 1. The zero-order chi connectivity index (χ0) is 14.9. The van der Waals surface area contributed by atoms with Crippen LogP contribution in [0.2, 0.25) is 10.0 Å². The van der Waals surface area contributed by atoms with Crippen molar-refractivity contribution in [1.82, 2.24) is 9.55 Å². The monoisotopic (exact) mass is 310 g/mol. The van der Waals surface area contributed by atoms with Gasteiger partial charge in [0.1, 0.15) is 0 Å². The lowest BCUT2D eigenvalue weighted by Gasteiger charge is -2.10. The van der Waals surface area contributed by atoms with Gasteiger partial charge < -0.3 is 0 Å². The molecule has 0 saturated carbocycles. The van der Waals surface area contributed by atoms with E-state index in [1.165, 1.54) is 10.6 Å². The third-order valence-electron chi connectivity index (χ3n) is 2.88. The Morgan fingerprint density at radius 3 is 2.60 bits per heavy atom. The summed E-state index contributed by atoms with van der Waals surface area (Å²) in [6, 6.07) is 6.40. The van der Waals surface area contributed by atoms with Gasteiger partial charge in [-0.05, 0) is 38.1 Å². The average Bonchev–Trinajstić information content (AvgIpc) is 2.36. The molecular weight excluding hydrogens is 299 g/mol. The van der Waals surface area contributed by atoms with Crippen LogP contribution in [-0.4, -0.2) is 15.3 Å². The summed E-state index contributed by atoms with van der Waals surface area (Å²) in [4.78, 5) is 27.9. The van der Waals surface area contributed by atoms with Gasteiger partial charge >= 0.3 is 5.69 Å². The molecule has 4 nitrogen and oxygen atoms in total. The van der Waals surface area contributed by atoms with E-state index < -0.39 is 5.69 Å². The Hall–Kier alpha value is -1.65. The molecule has 6 heteroatoms. The SMILES string of the molecule is Cc1cc(C)n(CC(=O)c2cc(Cl)ccc2Cl)c(=O)n1. The van der Waals surface area contributed by atoms with E-state index in [4.69, 9.17) is 23.2 Å². The molecule has 20 heavy (non-hydrogen) atoms. The minimum atomic E-state index is -0.450. The van der Waals surface area contributed by atoms with Crippen LogP contribution < -0.4 is 5.69 Å². The highest BCUT2D eigenvalue weighted by Crippen LogP contribution is 2.21. The molecule has 0 unspecified atom stereocenters. The van der Waals surface area contributed by atoms with Crippen LogP contribution in [0.3, 0.4) is 0 Å². The van der Waals surface area contributed by atoms with Crippen molar-refractivity contribution >= 4 is 29.0 Å². The number of aryl methyl sites for hydroxylation is 2. The van der Waals surface area contributed by atoms with Gasteiger partial charge in [0, 0.05) is 22.0 Å². The standard InChI is InChI=1S/C14H12Cl2N2O2/c1-8-5-9(2)18(14(20)17-8)7-13(19)11-6-10(15)3-4-12(11)16/h3-6H,7H2,1-2H3. The number of halogens is 2. The predicted octanol–water partition coefficient (Wildman–Crippen LogP) is 3.05. The first-order valence-electron chi connectivity index (χ1n) is 5.92. The van der Waals surface area contributed by atoms with E-state index in [1.807, 2.05) is 0 Å². The van der Waals surface area contributed by atoms with Gasteiger partial charge in [0.25, 0.3) is 0 Å². The lowest BCUT2D eigenvalue weighted by molar-refractivity contribution is 0.0969. The first kappa shape index (κ1) is 14.8. The molecule has 0 aliphatic heterocycles. The van der Waals surface area contributed by atoms with Crippen LogP contribution in [-0.2, 0) is 6.54 Å². The molecular formula is C14H12Cl2N2O2. The summed E-state index contributed by atoms with van der Waals surface area (Å²) in [6.07, 6.45) is 0. The lowest BCUT2D eigenvalue weighted by atomic mass is 10.1. The molecule has 0 saturated heterocycles. The average molecular weight is 311 g/mol. The maximum Gasteiger partial charge on any atom is 0.348 e. The Bertz CT molecular complexity index is 738. The third-order valence-corrected chi connectivity index (χ3v) is 3.44. The minimum absolute atomic E-state index is 0.113. The van der Waals surface area contributed by atoms with E-state index in [2.05, 4.69) is 4.98 Å². The molecule has 2 rings (SSSR count). The third kappa shape index (κ3) is 3.08. The largest absolute Gasteiger partial charge is 0.348 e. The molecule has 2 aromatic rings. The molecule has 0 spiro atoms. The van der Waals surface area contributed by atoms with Crippen molar-refractivity contribution in [2.75, 3.05) is 0 Å². The quantitative estimate of drug-likeness (QED) is 0.819. The Balaban J connectivity index is 2.38. The summed E-state index contributed by atoms with van der Waals surface area (Å²) in [7, 11) is 0. The van der Waals surface area contributed by atoms with Crippen molar-refractivity contribution in [1.29, 1.82) is 0 Å². The van der Waals surface area contributed by atoms with E-state index >= 15 is 0 Å². The van der Waals surface area contributed by atoms with Gasteiger partial charge in [0.15, 0.2) is 5.78 Å². The first-order valence-corrected chi connectivity index (χ1v) is 6.67. The highest BCUT2D eigenvalue weighted by atomic mass is 35.5. The molecule has 0 aliphatic rings. The summed E-state index contributed by atoms with van der Waals surface area (Å²) in [5.74, 6) is -0.284. The fourth-order valence-electron chi connectivity index (χ4n) is 1.91. The fourth-order valence-corrected chi connectivity index (χ4v) is 2.30. The number of benzene rings is 1. The Kier molecular flexibility index (Phi) is 4.26. The molecule has 1 heterocycles. The Labute approximate surface area is 126 Å². The zero-order valence-electron chi connectivity index (χ0n) is 11.0. The van der Waals surface area contributed by atoms with Crippen LogP contribution in [0, 0.1) is 13.8 Å². The van der Waals surface area contributed by atoms with Crippen LogP contribution in [0.4, 0.5) is 0 Å². The van der Waals surface area contributed by atoms with Gasteiger partial charge in [0.2, 0.25) is 0 Å². The highest BCUT2D eigenvalue weighted by Gasteiger charge is 2.14. The van der Waals surface area contributed by atoms with E-state index in [0.29, 0.717) is 27.0 Å². The molecule has 0 atom stereocenters. The van der Waals surface area contributed by atoms with Gasteiger partial charge in [-0.25, -0.2) is 4.79 Å². The zero-order valence-corrected chi connectivity index (χ0v) is 12.5. The Morgan fingerprint density at radius 1 is 1.25 bits per heavy atom. The number of aromatic nitrogens is 2. The van der Waals surface area contributed by atoms with Crippen molar-refractivity contribution in [3.63, 3.8) is 0 Å². The van der Waals surface area contributed by atoms with Crippen LogP contribution in [0.25, 0.3) is 0 Å². The number of nitrogens with zero attached hydrogens (tertiary/aromatic N) is 2. The smallest absolute Gasteiger partial charge is 0.292 e. The molecule has 0 N–H and O–H groups in total. The van der Waals surface area contributed by atoms with Crippen LogP contribution in [0.5, 0.6) is 0 Å². The fraction of sp³-hybridized carbons (Fsp3) is 0.214. The number of ketones is 1. The maximum absolute atomic E-state index is 12.2. The summed E-state index contributed by atoms with van der Waals surface area (Å²) < 4.78 is 1.31. The molecule has 0 bridgehead atoms. The molecule has 0 radical (unpaired) electrons. The number of rotatable bonds is 3. The second-order valence-corrected chi connectivity index (χ2v) is 5.30. The molecule has 0 fully saturated rings. The van der Waals surface area contributed by atoms with Gasteiger partial charge in [-0.15, -0.1) is 0 Å². The van der Waals surface area contributed by atoms with Gasteiger partial charge in [0.05, 0.1) is 11.6 Å². The highest BCUT2D eigenvalue weighted by molar-refractivity contribution is 6.35. The number of carbonyl (C=O) groups excluding carboxylic acids is 1. The molecule has 104 valence electrons. The summed E-state index contributed by atoms with van der Waals surface area (Å²) in [5.41, 5.74) is 1.14. The number of carbonyl (C=O) groups is 1. The first-order chi connectivity index (χ1) is 9.38. The van der Waals surface area contributed by atoms with Crippen molar-refractivity contribution in [2.24, 2.45) is 0 Å². The Morgan fingerprint density at radius 2 is 1.95 bits per heavy atom. The summed E-state index contributed by atoms with van der Waals surface area (Å²) >= 11 is 11.8. The van der Waals surface area contributed by atoms with Gasteiger partial charge in [-0.2, -0.15) is 4.98 Å². The van der Waals surface area contributed by atoms with E-state index in [1.54, 1.807) is 32.0 Å². The molecule has 0 aliphatic carbocycles. The minimum Gasteiger partial charge on any atom is -0.292 e. The lowest BCUT2D eigenvalue weighted by Crippen LogP contribution is -2.29. The van der Waals surface area contributed by atoms with Crippen molar-refractivity contribution in [3.8, 4) is 0 Å². The molecule has 1 aromatic heterocycles. The maximum atomic E-state index is 12.2. The number of hydrogen-bond donors (Lipinski definition) is 0. The summed E-state index contributed by atoms with van der Waals surface area (Å²) in [6.45, 7) is 3.37. The normalized spacial score (nSPS) is 10.6. The van der Waals surface area contributed by atoms with Gasteiger partial charge in [-0.1, -0.05) is 23.2 Å². The van der Waals surface area contributed by atoms with Crippen LogP contribution in [0.1, 0.15) is 21.7 Å². The van der Waals surface area contributed by atoms with E-state index in [9.17, 15) is 9.59 Å². The van der Waals surface area contributed by atoms with Crippen LogP contribution >= 0.6 is 23.2 Å². The topological polar surface area (TPSA) is 52.0 Å². The van der Waals surface area contributed by atoms with Crippen molar-refractivity contribution in [3.05, 3.63) is 61.7 Å².